The van der Waals surface area contributed by atoms with Crippen LogP contribution in [0.3, 0.4) is 0 Å². The van der Waals surface area contributed by atoms with Crippen LogP contribution in [-0.2, 0) is 33.3 Å². The lowest BCUT2D eigenvalue weighted by molar-refractivity contribution is -0.136. The molecule has 4 aliphatic heterocycles. The molecule has 1 aromatic carbocycles. The number of nitrogens with zero attached hydrogens (tertiary/aromatic N) is 5. The minimum Gasteiger partial charge on any atom is -0.501 e. The number of aromatic amines is 2. The number of alkyl carbamates (subject to hydrolysis) is 2. The highest BCUT2D eigenvalue weighted by atomic mass is 16.5. The lowest BCUT2D eigenvalue weighted by Gasteiger charge is -2.34. The van der Waals surface area contributed by atoms with Crippen molar-refractivity contribution in [2.45, 2.75) is 95.0 Å². The first-order valence-electron chi connectivity index (χ1n) is 24.3. The minimum absolute atomic E-state index is 0.0463. The van der Waals surface area contributed by atoms with Gasteiger partial charge in [0.05, 0.1) is 74.2 Å². The Bertz CT molecular complexity index is 2720. The van der Waals surface area contributed by atoms with Crippen LogP contribution in [0.5, 0.6) is 0 Å². The van der Waals surface area contributed by atoms with E-state index in [0.29, 0.717) is 45.1 Å². The molecule has 4 N–H and O–H groups in total. The third-order valence-corrected chi connectivity index (χ3v) is 14.7. The molecule has 7 heterocycles. The number of hydrogen-bond donors (Lipinski definition) is 4. The Labute approximate surface area is 400 Å². The molecule has 0 saturated carbocycles. The van der Waals surface area contributed by atoms with Gasteiger partial charge in [0, 0.05) is 55.7 Å². The van der Waals surface area contributed by atoms with Gasteiger partial charge in [-0.05, 0) is 106 Å². The Morgan fingerprint density at radius 2 is 1.61 bits per heavy atom. The fraction of sp³-hybridized carbons (Fsp3) is 0.490. The van der Waals surface area contributed by atoms with Crippen molar-refractivity contribution in [1.29, 1.82) is 0 Å². The van der Waals surface area contributed by atoms with E-state index in [2.05, 4.69) is 72.4 Å². The van der Waals surface area contributed by atoms with E-state index in [1.165, 1.54) is 14.2 Å². The molecule has 69 heavy (non-hydrogen) atoms. The fourth-order valence-corrected chi connectivity index (χ4v) is 11.1. The third-order valence-electron chi connectivity index (χ3n) is 14.7. The number of allylic oxidation sites excluding steroid dienone is 7. The number of carbonyl (C=O) groups is 4. The highest BCUT2D eigenvalue weighted by Gasteiger charge is 2.41. The van der Waals surface area contributed by atoms with Gasteiger partial charge >= 0.3 is 12.2 Å². The summed E-state index contributed by atoms with van der Waals surface area (Å²) in [6.45, 7) is 2.13. The van der Waals surface area contributed by atoms with Crippen LogP contribution in [0.15, 0.2) is 72.5 Å². The number of benzene rings is 1. The number of likely N-dealkylation sites (tertiary alicyclic amines) is 2. The molecule has 0 bridgehead atoms. The van der Waals surface area contributed by atoms with E-state index in [4.69, 9.17) is 28.9 Å². The second-order valence-electron chi connectivity index (χ2n) is 18.7. The number of carbonyl (C=O) groups excluding carboxylic acids is 4. The number of imidazole rings is 2. The van der Waals surface area contributed by atoms with E-state index in [1.54, 1.807) is 12.0 Å². The molecular formula is C51H61N9O9. The molecule has 4 aromatic rings. The molecule has 0 spiro atoms. The monoisotopic (exact) mass is 943 g/mol. The Morgan fingerprint density at radius 3 is 2.38 bits per heavy atom. The fourth-order valence-electron chi connectivity index (χ4n) is 11.1. The summed E-state index contributed by atoms with van der Waals surface area (Å²) in [5.74, 6) is 3.24. The molecular weight excluding hydrogens is 883 g/mol. The van der Waals surface area contributed by atoms with Crippen molar-refractivity contribution in [2.24, 2.45) is 11.8 Å². The predicted octanol–water partition coefficient (Wildman–Crippen LogP) is 7.59. The lowest BCUT2D eigenvalue weighted by atomic mass is 9.90. The molecule has 4 amide bonds. The first-order chi connectivity index (χ1) is 33.7. The second kappa shape index (κ2) is 20.0. The molecule has 0 radical (unpaired) electrons. The van der Waals surface area contributed by atoms with E-state index in [9.17, 15) is 19.2 Å². The number of aromatic nitrogens is 5. The van der Waals surface area contributed by atoms with Crippen molar-refractivity contribution in [3.8, 4) is 11.3 Å². The molecule has 364 valence electrons. The quantitative estimate of drug-likeness (QED) is 0.103. The maximum Gasteiger partial charge on any atom is 0.407 e. The van der Waals surface area contributed by atoms with Gasteiger partial charge in [0.25, 0.3) is 0 Å². The van der Waals surface area contributed by atoms with E-state index in [-0.39, 0.29) is 42.6 Å². The van der Waals surface area contributed by atoms with E-state index in [1.807, 2.05) is 23.4 Å². The molecule has 6 aliphatic rings. The third kappa shape index (κ3) is 9.37. The lowest BCUT2D eigenvalue weighted by Crippen LogP contribution is -2.53. The van der Waals surface area contributed by atoms with Gasteiger partial charge in [0.15, 0.2) is 6.23 Å². The van der Waals surface area contributed by atoms with Gasteiger partial charge in [0.2, 0.25) is 11.8 Å². The van der Waals surface area contributed by atoms with Crippen LogP contribution in [0.2, 0.25) is 0 Å². The highest BCUT2D eigenvalue weighted by Crippen LogP contribution is 2.46. The topological polar surface area (TPSA) is 207 Å². The average molecular weight is 944 g/mol. The van der Waals surface area contributed by atoms with Crippen LogP contribution in [0.25, 0.3) is 33.3 Å². The summed E-state index contributed by atoms with van der Waals surface area (Å²) >= 11 is 0. The zero-order valence-corrected chi connectivity index (χ0v) is 39.5. The number of nitrogens with one attached hydrogen (secondary N) is 4. The second-order valence-corrected chi connectivity index (χ2v) is 18.7. The largest absolute Gasteiger partial charge is 0.501 e. The highest BCUT2D eigenvalue weighted by molar-refractivity contribution is 5.92. The maximum absolute atomic E-state index is 14.2. The molecule has 18 nitrogen and oxygen atoms in total. The molecule has 3 aromatic heterocycles. The van der Waals surface area contributed by atoms with Gasteiger partial charge in [-0.3, -0.25) is 9.59 Å². The summed E-state index contributed by atoms with van der Waals surface area (Å²) in [7, 11) is 4.31. The van der Waals surface area contributed by atoms with Gasteiger partial charge in [-0.15, -0.1) is 0 Å². The average Bonchev–Trinajstić information content (AvgIpc) is 4.25. The molecule has 3 fully saturated rings. The van der Waals surface area contributed by atoms with Gasteiger partial charge < -0.3 is 58.7 Å². The number of methoxy groups -OCH3 is 3. The normalized spacial score (nSPS) is 22.9. The SMILES string of the molecule is COC(=O)NCC(=O)N1CCCC1c1ncc(C2=CC3=C(CC2)c2cc4cc(-c5cnc(C6CCCN6C(=O)C(NC(=O)OC)C6CCOCC6)[nH]5)ccc4n2C(CCC2C=CC=C(OC)C2)O3)[nH]1. The van der Waals surface area contributed by atoms with Crippen molar-refractivity contribution in [2.75, 3.05) is 54.2 Å². The summed E-state index contributed by atoms with van der Waals surface area (Å²) in [5, 5.41) is 6.43. The van der Waals surface area contributed by atoms with Crippen molar-refractivity contribution in [1.82, 2.24) is 44.9 Å². The van der Waals surface area contributed by atoms with Gasteiger partial charge in [-0.25, -0.2) is 19.6 Å². The van der Waals surface area contributed by atoms with Crippen molar-refractivity contribution < 1.29 is 42.9 Å². The Morgan fingerprint density at radius 1 is 0.870 bits per heavy atom. The van der Waals surface area contributed by atoms with E-state index >= 15 is 0 Å². The molecule has 5 atom stereocenters. The summed E-state index contributed by atoms with van der Waals surface area (Å²) < 4.78 is 30.2. The number of rotatable bonds is 13. The number of amides is 4. The smallest absolute Gasteiger partial charge is 0.407 e. The maximum atomic E-state index is 14.2. The number of H-pyrrole nitrogens is 2. The molecule has 5 unspecified atom stereocenters. The van der Waals surface area contributed by atoms with Crippen LogP contribution in [0, 0.1) is 11.8 Å². The van der Waals surface area contributed by atoms with Crippen LogP contribution in [-0.4, -0.2) is 119 Å². The van der Waals surface area contributed by atoms with E-state index < -0.39 is 18.2 Å². The summed E-state index contributed by atoms with van der Waals surface area (Å²) in [5.41, 5.74) is 7.18. The van der Waals surface area contributed by atoms with Crippen LogP contribution in [0.1, 0.15) is 112 Å². The zero-order valence-electron chi connectivity index (χ0n) is 39.5. The number of hydrogen-bond acceptors (Lipinski definition) is 11. The van der Waals surface area contributed by atoms with Gasteiger partial charge in [-0.2, -0.15) is 0 Å². The molecule has 18 heteroatoms. The summed E-state index contributed by atoms with van der Waals surface area (Å²) in [6, 6.07) is 7.60. The van der Waals surface area contributed by atoms with Crippen molar-refractivity contribution in [3.05, 3.63) is 95.5 Å². The number of ether oxygens (including phenoxy) is 5. The van der Waals surface area contributed by atoms with Crippen LogP contribution in [0.4, 0.5) is 9.59 Å². The Balaban J connectivity index is 0.916. The summed E-state index contributed by atoms with van der Waals surface area (Å²) in [6.07, 6.45) is 19.3. The van der Waals surface area contributed by atoms with E-state index in [0.717, 1.165) is 126 Å². The first-order valence-corrected chi connectivity index (χ1v) is 24.3. The Hall–Kier alpha value is -6.82. The molecule has 3 saturated heterocycles. The predicted molar refractivity (Wildman–Crippen MR) is 255 cm³/mol. The van der Waals surface area contributed by atoms with Crippen LogP contribution >= 0.6 is 0 Å². The minimum atomic E-state index is -0.706. The van der Waals surface area contributed by atoms with Gasteiger partial charge in [0.1, 0.15) is 30.0 Å². The van der Waals surface area contributed by atoms with Crippen LogP contribution < -0.4 is 10.6 Å². The van der Waals surface area contributed by atoms with Gasteiger partial charge in [-0.1, -0.05) is 18.2 Å². The summed E-state index contributed by atoms with van der Waals surface area (Å²) in [4.78, 5) is 71.8. The van der Waals surface area contributed by atoms with Crippen molar-refractivity contribution >= 4 is 46.0 Å². The molecule has 2 aliphatic carbocycles. The first kappa shape index (κ1) is 45.9. The van der Waals surface area contributed by atoms with Crippen molar-refractivity contribution in [3.63, 3.8) is 0 Å². The zero-order chi connectivity index (χ0) is 47.6. The number of fused-ring (bicyclic) bond motifs is 4. The standard InChI is InChI=1S/C51H61N9O9/c1-65-35-8-4-7-30(23-35)11-16-45-60-39-15-13-32(37-27-53-48(55-37)41-10-6-20-59(41)49(62)46(57-51(64)67-3)31-17-21-68-22-18-31)24-34(39)25-42(60)36-14-12-33(26-43(36)69-45)38-28-52-47(56-38)40-9-5-19-58(40)44(61)29-54-50(63)66-2/h4,7-8,13,15,24-28,30-31,40-41,45-46H,5-6,9-12,14,16-23,29H2,1-3H3,(H,52,56)(H,53,55)(H,54,63)(H,57,64). The Kier molecular flexibility index (Phi) is 13.3. The molecule has 10 rings (SSSR count).